The van der Waals surface area contributed by atoms with E-state index in [4.69, 9.17) is 16.7 Å². The number of esters is 1. The van der Waals surface area contributed by atoms with E-state index in [1.54, 1.807) is 6.07 Å². The summed E-state index contributed by atoms with van der Waals surface area (Å²) >= 11 is 1.15. The average Bonchev–Trinajstić information content (AvgIpc) is 2.64. The fourth-order valence-corrected chi connectivity index (χ4v) is 2.47. The van der Waals surface area contributed by atoms with Gasteiger partial charge in [-0.2, -0.15) is 5.26 Å². The summed E-state index contributed by atoms with van der Waals surface area (Å²) in [6.45, 7) is 0. The number of nitrogen functional groups attached to an aromatic ring is 2. The van der Waals surface area contributed by atoms with Crippen molar-refractivity contribution in [3.05, 3.63) is 16.5 Å². The molecule has 0 spiro atoms. The van der Waals surface area contributed by atoms with Crippen molar-refractivity contribution in [2.75, 3.05) is 18.6 Å². The number of fused-ring (bicyclic) bond motifs is 1. The van der Waals surface area contributed by atoms with Gasteiger partial charge in [-0.25, -0.2) is 9.78 Å². The third-order valence-electron chi connectivity index (χ3n) is 2.30. The first-order valence-electron chi connectivity index (χ1n) is 4.60. The Morgan fingerprint density at radius 1 is 1.59 bits per heavy atom. The fourth-order valence-electron chi connectivity index (χ4n) is 1.44. The first-order valence-corrected chi connectivity index (χ1v) is 5.42. The lowest BCUT2D eigenvalue weighted by Crippen LogP contribution is -2.11. The van der Waals surface area contributed by atoms with E-state index in [9.17, 15) is 4.79 Å². The molecule has 2 aromatic heterocycles. The Labute approximate surface area is 100 Å². The van der Waals surface area contributed by atoms with Gasteiger partial charge in [-0.1, -0.05) is 11.3 Å². The van der Waals surface area contributed by atoms with E-state index in [1.807, 2.05) is 6.07 Å². The minimum absolute atomic E-state index is 0.248. The first-order chi connectivity index (χ1) is 8.08. The SMILES string of the molecule is COC(=O)c1sc2[nH+]c(N)c(C#N)cc2c1N. The van der Waals surface area contributed by atoms with Gasteiger partial charge in [0.05, 0.1) is 18.2 Å². The maximum atomic E-state index is 11.4. The molecule has 0 aliphatic carbocycles. The predicted molar refractivity (Wildman–Crippen MR) is 63.3 cm³/mol. The van der Waals surface area contributed by atoms with Crippen LogP contribution < -0.4 is 16.5 Å². The largest absolute Gasteiger partial charge is 0.465 e. The van der Waals surface area contributed by atoms with Gasteiger partial charge in [-0.15, -0.1) is 0 Å². The molecule has 17 heavy (non-hydrogen) atoms. The molecular weight excluding hydrogens is 240 g/mol. The van der Waals surface area contributed by atoms with Gasteiger partial charge in [-0.3, -0.25) is 5.73 Å². The van der Waals surface area contributed by atoms with Crippen LogP contribution in [0.25, 0.3) is 10.2 Å². The molecule has 2 rings (SSSR count). The summed E-state index contributed by atoms with van der Waals surface area (Å²) < 4.78 is 4.61. The number of methoxy groups -OCH3 is 1. The van der Waals surface area contributed by atoms with Crippen LogP contribution in [0.15, 0.2) is 6.07 Å². The molecule has 6 nitrogen and oxygen atoms in total. The molecule has 7 heteroatoms. The molecule has 0 aliphatic rings. The number of aromatic nitrogens is 1. The Kier molecular flexibility index (Phi) is 2.57. The van der Waals surface area contributed by atoms with Crippen LogP contribution in [0.2, 0.25) is 0 Å². The Bertz CT molecular complexity index is 656. The number of hydrogen-bond acceptors (Lipinski definition) is 6. The van der Waals surface area contributed by atoms with E-state index < -0.39 is 5.97 Å². The van der Waals surface area contributed by atoms with Crippen molar-refractivity contribution < 1.29 is 14.5 Å². The van der Waals surface area contributed by atoms with Crippen LogP contribution in [0.3, 0.4) is 0 Å². The van der Waals surface area contributed by atoms with Crippen molar-refractivity contribution in [1.82, 2.24) is 0 Å². The lowest BCUT2D eigenvalue weighted by molar-refractivity contribution is -0.323. The number of H-pyrrole nitrogens is 1. The molecule has 5 N–H and O–H groups in total. The number of pyridine rings is 1. The molecule has 0 bridgehead atoms. The van der Waals surface area contributed by atoms with Gasteiger partial charge in [0.25, 0.3) is 5.82 Å². The zero-order valence-electron chi connectivity index (χ0n) is 8.90. The molecule has 0 saturated carbocycles. The van der Waals surface area contributed by atoms with E-state index in [2.05, 4.69) is 9.72 Å². The van der Waals surface area contributed by atoms with E-state index in [0.717, 1.165) is 11.3 Å². The van der Waals surface area contributed by atoms with Gasteiger partial charge >= 0.3 is 5.97 Å². The minimum Gasteiger partial charge on any atom is -0.465 e. The zero-order valence-corrected chi connectivity index (χ0v) is 9.72. The minimum atomic E-state index is -0.505. The van der Waals surface area contributed by atoms with Gasteiger partial charge in [0, 0.05) is 0 Å². The van der Waals surface area contributed by atoms with Gasteiger partial charge in [0.15, 0.2) is 4.83 Å². The second-order valence-electron chi connectivity index (χ2n) is 3.29. The Morgan fingerprint density at radius 2 is 2.29 bits per heavy atom. The fraction of sp³-hybridized carbons (Fsp3) is 0.100. The Balaban J connectivity index is 2.75. The molecule has 0 aromatic carbocycles. The number of anilines is 2. The number of aromatic amines is 1. The Morgan fingerprint density at radius 3 is 2.88 bits per heavy atom. The van der Waals surface area contributed by atoms with Crippen molar-refractivity contribution in [3.8, 4) is 6.07 Å². The van der Waals surface area contributed by atoms with Gasteiger partial charge in [-0.05, 0) is 6.07 Å². The van der Waals surface area contributed by atoms with E-state index in [-0.39, 0.29) is 5.82 Å². The number of nitrogens with two attached hydrogens (primary N) is 2. The molecule has 2 heterocycles. The van der Waals surface area contributed by atoms with Crippen LogP contribution in [0.5, 0.6) is 0 Å². The predicted octanol–water partition coefficient (Wildman–Crippen LogP) is 0.538. The number of rotatable bonds is 1. The van der Waals surface area contributed by atoms with E-state index >= 15 is 0 Å². The number of nitriles is 1. The third-order valence-corrected chi connectivity index (χ3v) is 3.42. The van der Waals surface area contributed by atoms with E-state index in [0.29, 0.717) is 26.3 Å². The molecule has 0 atom stereocenters. The van der Waals surface area contributed by atoms with Crippen LogP contribution in [0.4, 0.5) is 11.5 Å². The topological polar surface area (TPSA) is 116 Å². The van der Waals surface area contributed by atoms with Crippen molar-refractivity contribution in [2.45, 2.75) is 0 Å². The Hall–Kier alpha value is -2.33. The maximum absolute atomic E-state index is 11.4. The van der Waals surface area contributed by atoms with Crippen LogP contribution in [-0.4, -0.2) is 13.1 Å². The number of carbonyl (C=O) groups is 1. The molecule has 0 saturated heterocycles. The second-order valence-corrected chi connectivity index (χ2v) is 4.31. The summed E-state index contributed by atoms with van der Waals surface area (Å²) in [5.74, 6) is -0.258. The summed E-state index contributed by atoms with van der Waals surface area (Å²) in [6.07, 6.45) is 0. The number of ether oxygens (including phenoxy) is 1. The normalized spacial score (nSPS) is 10.1. The highest BCUT2D eigenvalue weighted by atomic mass is 32.1. The summed E-state index contributed by atoms with van der Waals surface area (Å²) in [7, 11) is 1.28. The molecule has 0 radical (unpaired) electrons. The number of carbonyl (C=O) groups excluding carboxylic acids is 1. The lowest BCUT2D eigenvalue weighted by Gasteiger charge is -1.95. The molecule has 0 unspecified atom stereocenters. The number of nitrogens with one attached hydrogen (secondary N) is 1. The molecule has 2 aromatic rings. The molecule has 0 amide bonds. The number of thiophene rings is 1. The first kappa shape index (κ1) is 11.2. The molecule has 86 valence electrons. The highest BCUT2D eigenvalue weighted by Gasteiger charge is 2.20. The smallest absolute Gasteiger partial charge is 0.350 e. The summed E-state index contributed by atoms with van der Waals surface area (Å²) in [4.78, 5) is 15.2. The van der Waals surface area contributed by atoms with Crippen LogP contribution in [0.1, 0.15) is 15.2 Å². The highest BCUT2D eigenvalue weighted by Crippen LogP contribution is 2.32. The highest BCUT2D eigenvalue weighted by molar-refractivity contribution is 7.20. The quantitative estimate of drug-likeness (QED) is 0.715. The average molecular weight is 249 g/mol. The third kappa shape index (κ3) is 1.64. The standard InChI is InChI=1S/C10H8N4O2S/c1-16-10(15)7-6(12)5-2-4(3-11)8(13)14-9(5)17-7/h2H,12H2,1H3,(H2,13,14)/p+1. The zero-order chi connectivity index (χ0) is 12.6. The summed E-state index contributed by atoms with van der Waals surface area (Å²) in [5, 5.41) is 9.45. The number of nitrogens with zero attached hydrogens (tertiary/aromatic N) is 1. The summed E-state index contributed by atoms with van der Waals surface area (Å²) in [5.41, 5.74) is 12.1. The monoisotopic (exact) mass is 249 g/mol. The van der Waals surface area contributed by atoms with Crippen molar-refractivity contribution >= 4 is 39.0 Å². The van der Waals surface area contributed by atoms with Gasteiger partial charge in [0.2, 0.25) is 0 Å². The van der Waals surface area contributed by atoms with Gasteiger partial charge in [0.1, 0.15) is 16.5 Å². The second kappa shape index (κ2) is 3.92. The molecule has 0 fully saturated rings. The van der Waals surface area contributed by atoms with E-state index in [1.165, 1.54) is 7.11 Å². The molecule has 0 aliphatic heterocycles. The number of hydrogen-bond donors (Lipinski definition) is 2. The van der Waals surface area contributed by atoms with Gasteiger partial charge < -0.3 is 10.5 Å². The van der Waals surface area contributed by atoms with Crippen LogP contribution in [-0.2, 0) is 4.74 Å². The van der Waals surface area contributed by atoms with Crippen molar-refractivity contribution in [3.63, 3.8) is 0 Å². The summed E-state index contributed by atoms with van der Waals surface area (Å²) in [6, 6.07) is 3.50. The maximum Gasteiger partial charge on any atom is 0.350 e. The van der Waals surface area contributed by atoms with Crippen LogP contribution >= 0.6 is 11.3 Å². The van der Waals surface area contributed by atoms with Crippen LogP contribution in [0, 0.1) is 11.3 Å². The molecular formula is C10H9N4O2S+. The van der Waals surface area contributed by atoms with Crippen molar-refractivity contribution in [2.24, 2.45) is 0 Å². The lowest BCUT2D eigenvalue weighted by atomic mass is 10.2. The van der Waals surface area contributed by atoms with Crippen molar-refractivity contribution in [1.29, 1.82) is 5.26 Å².